The molecule has 0 radical (unpaired) electrons. The number of halogens is 8. The van der Waals surface area contributed by atoms with Crippen molar-refractivity contribution in [3.8, 4) is 0 Å². The van der Waals surface area contributed by atoms with E-state index in [2.05, 4.69) is 5.32 Å². The summed E-state index contributed by atoms with van der Waals surface area (Å²) in [4.78, 5) is 16.5. The molecule has 2 fully saturated rings. The maximum atomic E-state index is 15.0. The fraction of sp³-hybridized carbons (Fsp3) is 0.536. The van der Waals surface area contributed by atoms with Crippen LogP contribution in [0.2, 0.25) is 0 Å². The van der Waals surface area contributed by atoms with Crippen LogP contribution in [-0.4, -0.2) is 74.4 Å². The Bertz CT molecular complexity index is 1500. The van der Waals surface area contributed by atoms with Gasteiger partial charge in [0.1, 0.15) is 10.6 Å². The van der Waals surface area contributed by atoms with Crippen LogP contribution in [-0.2, 0) is 26.7 Å². The number of aryl methyl sites for hydroxylation is 1. The second-order valence-electron chi connectivity index (χ2n) is 11.3. The van der Waals surface area contributed by atoms with E-state index in [1.165, 1.54) is 4.90 Å². The zero-order valence-corrected chi connectivity index (χ0v) is 23.9. The summed E-state index contributed by atoms with van der Waals surface area (Å²) >= 11 is 0. The first-order valence-electron chi connectivity index (χ1n) is 13.6. The van der Waals surface area contributed by atoms with E-state index >= 15 is 0 Å². The molecule has 4 atom stereocenters. The maximum Gasteiger partial charge on any atom is 0.435 e. The summed E-state index contributed by atoms with van der Waals surface area (Å²) in [5.74, 6) is -0.731. The molecule has 0 bridgehead atoms. The molecule has 1 N–H and O–H groups in total. The van der Waals surface area contributed by atoms with E-state index in [0.29, 0.717) is 25.2 Å². The SMILES string of the molecule is CC1NCCN(C(=O)N2CC[C@@]3(S(=O)(=O)c4ccc(F)cc4)c4ccc(C(F)(C(F)(F)F)C(F)(F)F)cc4CC[C@@H]23)C1C. The first kappa shape index (κ1) is 31.5. The van der Waals surface area contributed by atoms with Gasteiger partial charge in [-0.1, -0.05) is 18.2 Å². The molecule has 2 saturated heterocycles. The minimum absolute atomic E-state index is 0.0678. The van der Waals surface area contributed by atoms with Gasteiger partial charge in [0.25, 0.3) is 0 Å². The van der Waals surface area contributed by atoms with Gasteiger partial charge in [-0.25, -0.2) is 22.0 Å². The molecule has 5 rings (SSSR count). The molecular weight excluding hydrogens is 610 g/mol. The highest BCUT2D eigenvalue weighted by molar-refractivity contribution is 7.92. The van der Waals surface area contributed by atoms with Crippen molar-refractivity contribution in [1.29, 1.82) is 0 Å². The number of carbonyl (C=O) groups is 1. The van der Waals surface area contributed by atoms with Crippen molar-refractivity contribution in [2.45, 2.75) is 78.9 Å². The predicted molar refractivity (Wildman–Crippen MR) is 139 cm³/mol. The third kappa shape index (κ3) is 4.59. The standard InChI is InChI=1S/C28H29F8N3O3S/c1-16-17(2)38(14-12-37-16)24(40)39-13-11-25(43(41,42)21-7-5-20(29)6-8-21)22-9-4-19(15-18(22)3-10-23(25)39)26(30,27(31,32)33)28(34,35)36/h4-9,15-17,23,37H,3,10-14H2,1-2H3/t16?,17?,23-,25-/m1/s1. The summed E-state index contributed by atoms with van der Waals surface area (Å²) in [6, 6.07) is 3.58. The molecule has 6 nitrogen and oxygen atoms in total. The number of amides is 2. The van der Waals surface area contributed by atoms with Crippen LogP contribution >= 0.6 is 0 Å². The van der Waals surface area contributed by atoms with Gasteiger partial charge in [0, 0.05) is 37.3 Å². The average Bonchev–Trinajstić information content (AvgIpc) is 3.34. The first-order chi connectivity index (χ1) is 19.9. The summed E-state index contributed by atoms with van der Waals surface area (Å²) in [5, 5.41) is 3.24. The predicted octanol–water partition coefficient (Wildman–Crippen LogP) is 5.61. The molecule has 2 aliphatic heterocycles. The summed E-state index contributed by atoms with van der Waals surface area (Å²) in [6.45, 7) is 4.46. The fourth-order valence-corrected chi connectivity index (χ4v) is 9.14. The minimum Gasteiger partial charge on any atom is -0.320 e. The summed E-state index contributed by atoms with van der Waals surface area (Å²) in [6.07, 6.45) is -13.3. The van der Waals surface area contributed by atoms with E-state index in [1.54, 1.807) is 4.90 Å². The van der Waals surface area contributed by atoms with Crippen molar-refractivity contribution in [1.82, 2.24) is 15.1 Å². The molecule has 2 aromatic rings. The van der Waals surface area contributed by atoms with Crippen LogP contribution in [0, 0.1) is 5.82 Å². The fourth-order valence-electron chi connectivity index (χ4n) is 6.77. The number of likely N-dealkylation sites (tertiary alicyclic amines) is 1. The molecule has 2 aromatic carbocycles. The Morgan fingerprint density at radius 2 is 1.56 bits per heavy atom. The summed E-state index contributed by atoms with van der Waals surface area (Å²) in [7, 11) is -4.55. The van der Waals surface area contributed by atoms with Crippen LogP contribution in [0.3, 0.4) is 0 Å². The number of hydrogen-bond donors (Lipinski definition) is 1. The number of benzene rings is 2. The second kappa shape index (κ2) is 10.3. The Labute approximate surface area is 242 Å². The lowest BCUT2D eigenvalue weighted by Gasteiger charge is -2.45. The largest absolute Gasteiger partial charge is 0.435 e. The summed E-state index contributed by atoms with van der Waals surface area (Å²) in [5.41, 5.74) is -7.72. The van der Waals surface area contributed by atoms with Crippen LogP contribution in [0.5, 0.6) is 0 Å². The number of piperazine rings is 1. The molecule has 1 aliphatic carbocycles. The Balaban J connectivity index is 1.67. The van der Waals surface area contributed by atoms with Gasteiger partial charge >= 0.3 is 24.1 Å². The second-order valence-corrected chi connectivity index (χ2v) is 13.5. The van der Waals surface area contributed by atoms with Crippen molar-refractivity contribution in [3.63, 3.8) is 0 Å². The smallest absolute Gasteiger partial charge is 0.320 e. The number of fused-ring (bicyclic) bond motifs is 3. The number of rotatable bonds is 3. The number of alkyl halides is 7. The van der Waals surface area contributed by atoms with Gasteiger partial charge in [-0.15, -0.1) is 0 Å². The van der Waals surface area contributed by atoms with Crippen LogP contribution in [0.4, 0.5) is 39.9 Å². The molecule has 236 valence electrons. The van der Waals surface area contributed by atoms with Gasteiger partial charge in [0.2, 0.25) is 0 Å². The van der Waals surface area contributed by atoms with Gasteiger partial charge in [-0.3, -0.25) is 0 Å². The number of urea groups is 1. The highest BCUT2D eigenvalue weighted by Gasteiger charge is 2.74. The highest BCUT2D eigenvalue weighted by Crippen LogP contribution is 2.56. The Morgan fingerprint density at radius 3 is 2.16 bits per heavy atom. The number of nitrogens with zero attached hydrogens (tertiary/aromatic N) is 2. The van der Waals surface area contributed by atoms with Crippen molar-refractivity contribution in [3.05, 3.63) is 65.0 Å². The zero-order valence-electron chi connectivity index (χ0n) is 23.1. The molecular formula is C28H29F8N3O3S. The van der Waals surface area contributed by atoms with Gasteiger partial charge < -0.3 is 15.1 Å². The van der Waals surface area contributed by atoms with Gasteiger partial charge in [0.05, 0.1) is 10.9 Å². The minimum atomic E-state index is -6.34. The lowest BCUT2D eigenvalue weighted by Crippen LogP contribution is -2.62. The normalized spacial score (nSPS) is 26.7. The number of sulfone groups is 1. The molecule has 3 aliphatic rings. The lowest BCUT2D eigenvalue weighted by molar-refractivity contribution is -0.348. The number of carbonyl (C=O) groups excluding carboxylic acids is 1. The van der Waals surface area contributed by atoms with Gasteiger partial charge in [0.15, 0.2) is 9.84 Å². The molecule has 15 heteroatoms. The lowest BCUT2D eigenvalue weighted by atomic mass is 9.77. The third-order valence-electron chi connectivity index (χ3n) is 9.20. The quantitative estimate of drug-likeness (QED) is 0.351. The Kier molecular flexibility index (Phi) is 7.55. The number of hydrogen-bond acceptors (Lipinski definition) is 4. The van der Waals surface area contributed by atoms with Crippen molar-refractivity contribution in [2.24, 2.45) is 0 Å². The molecule has 43 heavy (non-hydrogen) atoms. The molecule has 2 heterocycles. The number of nitrogens with one attached hydrogen (secondary N) is 1. The highest BCUT2D eigenvalue weighted by atomic mass is 32.2. The van der Waals surface area contributed by atoms with E-state index in [-0.39, 0.29) is 53.9 Å². The van der Waals surface area contributed by atoms with E-state index < -0.39 is 56.1 Å². The zero-order chi connectivity index (χ0) is 31.8. The summed E-state index contributed by atoms with van der Waals surface area (Å²) < 4.78 is 137. The maximum absolute atomic E-state index is 15.0. The van der Waals surface area contributed by atoms with E-state index in [9.17, 15) is 48.3 Å². The van der Waals surface area contributed by atoms with Crippen molar-refractivity contribution >= 4 is 15.9 Å². The topological polar surface area (TPSA) is 69.7 Å². The van der Waals surface area contributed by atoms with Crippen LogP contribution in [0.15, 0.2) is 47.4 Å². The molecule has 2 unspecified atom stereocenters. The van der Waals surface area contributed by atoms with Crippen molar-refractivity contribution in [2.75, 3.05) is 19.6 Å². The van der Waals surface area contributed by atoms with Gasteiger partial charge in [-0.05, 0) is 68.5 Å². The van der Waals surface area contributed by atoms with Gasteiger partial charge in [-0.2, -0.15) is 26.3 Å². The Hall–Kier alpha value is -2.94. The molecule has 0 spiro atoms. The van der Waals surface area contributed by atoms with E-state index in [4.69, 9.17) is 0 Å². The third-order valence-corrected chi connectivity index (χ3v) is 11.7. The van der Waals surface area contributed by atoms with Crippen LogP contribution in [0.1, 0.15) is 43.4 Å². The average molecular weight is 640 g/mol. The molecule has 0 saturated carbocycles. The van der Waals surface area contributed by atoms with Crippen molar-refractivity contribution < 1.29 is 48.3 Å². The van der Waals surface area contributed by atoms with Crippen LogP contribution in [0.25, 0.3) is 0 Å². The Morgan fingerprint density at radius 1 is 0.930 bits per heavy atom. The molecule has 0 aromatic heterocycles. The monoisotopic (exact) mass is 639 g/mol. The van der Waals surface area contributed by atoms with Crippen LogP contribution < -0.4 is 5.32 Å². The molecule has 2 amide bonds. The van der Waals surface area contributed by atoms with E-state index in [1.807, 2.05) is 13.8 Å². The van der Waals surface area contributed by atoms with E-state index in [0.717, 1.165) is 30.3 Å². The first-order valence-corrected chi connectivity index (χ1v) is 15.1.